The average molecular weight is 272 g/mol. The summed E-state index contributed by atoms with van der Waals surface area (Å²) in [5, 5.41) is 3.57. The van der Waals surface area contributed by atoms with Gasteiger partial charge in [0.25, 0.3) is 0 Å². The molecule has 2 aliphatic carbocycles. The summed E-state index contributed by atoms with van der Waals surface area (Å²) in [4.78, 5) is 2.49. The number of nitrogens with one attached hydrogen (secondary N) is 1. The van der Waals surface area contributed by atoms with Gasteiger partial charge in [0.05, 0.1) is 0 Å². The van der Waals surface area contributed by atoms with Crippen LogP contribution in [0.4, 0.5) is 0 Å². The minimum absolute atomic E-state index is 0.798. The molecule has 2 heteroatoms. The Bertz CT molecular complexity index is 402. The molecule has 0 saturated heterocycles. The number of benzene rings is 1. The van der Waals surface area contributed by atoms with Crippen LogP contribution in [0.25, 0.3) is 0 Å². The van der Waals surface area contributed by atoms with Gasteiger partial charge >= 0.3 is 0 Å². The molecule has 20 heavy (non-hydrogen) atoms. The Hall–Kier alpha value is -0.860. The molecule has 0 spiro atoms. The highest BCUT2D eigenvalue weighted by molar-refractivity contribution is 5.22. The lowest BCUT2D eigenvalue weighted by Gasteiger charge is -2.20. The molecule has 0 radical (unpaired) electrons. The van der Waals surface area contributed by atoms with Gasteiger partial charge < -0.3 is 10.2 Å². The fourth-order valence-electron chi connectivity index (χ4n) is 3.32. The SMILES string of the molecule is CN(Cc1ccc(CNC2CC2)cc1)CC1CCCC1. The lowest BCUT2D eigenvalue weighted by molar-refractivity contribution is 0.271. The summed E-state index contributed by atoms with van der Waals surface area (Å²) < 4.78 is 0. The van der Waals surface area contributed by atoms with Crippen LogP contribution in [0.1, 0.15) is 49.7 Å². The quantitative estimate of drug-likeness (QED) is 0.816. The molecule has 0 amide bonds. The molecule has 2 fully saturated rings. The first-order chi connectivity index (χ1) is 9.79. The lowest BCUT2D eigenvalue weighted by Crippen LogP contribution is -2.24. The van der Waals surface area contributed by atoms with Gasteiger partial charge in [-0.25, -0.2) is 0 Å². The molecule has 0 bridgehead atoms. The van der Waals surface area contributed by atoms with Crippen LogP contribution in [0.5, 0.6) is 0 Å². The van der Waals surface area contributed by atoms with E-state index >= 15 is 0 Å². The summed E-state index contributed by atoms with van der Waals surface area (Å²) in [6.07, 6.45) is 8.50. The third-order valence-electron chi connectivity index (χ3n) is 4.69. The van der Waals surface area contributed by atoms with Crippen molar-refractivity contribution in [1.82, 2.24) is 10.2 Å². The van der Waals surface area contributed by atoms with Gasteiger partial charge in [-0.3, -0.25) is 0 Å². The number of rotatable bonds is 7. The second-order valence-corrected chi connectivity index (χ2v) is 6.82. The van der Waals surface area contributed by atoms with Gasteiger partial charge in [-0.1, -0.05) is 37.1 Å². The first-order valence-electron chi connectivity index (χ1n) is 8.29. The van der Waals surface area contributed by atoms with Crippen LogP contribution in [0, 0.1) is 5.92 Å². The first kappa shape index (κ1) is 14.1. The van der Waals surface area contributed by atoms with E-state index in [9.17, 15) is 0 Å². The Morgan fingerprint density at radius 3 is 2.30 bits per heavy atom. The van der Waals surface area contributed by atoms with Crippen LogP contribution >= 0.6 is 0 Å². The first-order valence-corrected chi connectivity index (χ1v) is 8.29. The summed E-state index contributed by atoms with van der Waals surface area (Å²) >= 11 is 0. The van der Waals surface area contributed by atoms with Crippen molar-refractivity contribution in [3.63, 3.8) is 0 Å². The van der Waals surface area contributed by atoms with Crippen molar-refractivity contribution in [1.29, 1.82) is 0 Å². The van der Waals surface area contributed by atoms with Crippen molar-refractivity contribution in [2.24, 2.45) is 5.92 Å². The minimum atomic E-state index is 0.798. The van der Waals surface area contributed by atoms with Crippen LogP contribution in [0.3, 0.4) is 0 Å². The van der Waals surface area contributed by atoms with E-state index in [1.54, 1.807) is 0 Å². The summed E-state index contributed by atoms with van der Waals surface area (Å²) in [5.74, 6) is 0.946. The standard InChI is InChI=1S/C18H28N2/c1-20(13-16-4-2-3-5-16)14-17-8-6-15(7-9-17)12-19-18-10-11-18/h6-9,16,18-19H,2-5,10-14H2,1H3. The van der Waals surface area contributed by atoms with Gasteiger partial charge in [0.1, 0.15) is 0 Å². The molecule has 2 nitrogen and oxygen atoms in total. The van der Waals surface area contributed by atoms with Gasteiger partial charge in [-0.2, -0.15) is 0 Å². The Morgan fingerprint density at radius 1 is 1.00 bits per heavy atom. The van der Waals surface area contributed by atoms with E-state index < -0.39 is 0 Å². The number of nitrogens with zero attached hydrogens (tertiary/aromatic N) is 1. The van der Waals surface area contributed by atoms with E-state index in [0.29, 0.717) is 0 Å². The van der Waals surface area contributed by atoms with Crippen LogP contribution < -0.4 is 5.32 Å². The molecule has 0 aromatic heterocycles. The molecule has 0 unspecified atom stereocenters. The second-order valence-electron chi connectivity index (χ2n) is 6.82. The molecule has 1 N–H and O–H groups in total. The van der Waals surface area contributed by atoms with E-state index in [4.69, 9.17) is 0 Å². The third kappa shape index (κ3) is 4.32. The summed E-state index contributed by atoms with van der Waals surface area (Å²) in [6.45, 7) is 3.39. The summed E-state index contributed by atoms with van der Waals surface area (Å²) in [5.41, 5.74) is 2.86. The Morgan fingerprint density at radius 2 is 1.65 bits per heavy atom. The molecule has 0 aliphatic heterocycles. The van der Waals surface area contributed by atoms with Crippen LogP contribution in [0.2, 0.25) is 0 Å². The predicted octanol–water partition coefficient (Wildman–Crippen LogP) is 3.56. The molecule has 2 saturated carbocycles. The van der Waals surface area contributed by atoms with E-state index in [2.05, 4.69) is 41.5 Å². The zero-order valence-corrected chi connectivity index (χ0v) is 12.8. The van der Waals surface area contributed by atoms with E-state index in [1.165, 1.54) is 56.2 Å². The number of hydrogen-bond donors (Lipinski definition) is 1. The molecule has 2 aliphatic rings. The smallest absolute Gasteiger partial charge is 0.0230 e. The second kappa shape index (κ2) is 6.73. The molecule has 0 heterocycles. The fraction of sp³-hybridized carbons (Fsp3) is 0.667. The normalized spacial score (nSPS) is 19.9. The molecule has 1 aromatic carbocycles. The predicted molar refractivity (Wildman–Crippen MR) is 84.6 cm³/mol. The van der Waals surface area contributed by atoms with Crippen molar-refractivity contribution in [3.05, 3.63) is 35.4 Å². The molecule has 0 atom stereocenters. The maximum atomic E-state index is 3.57. The Labute approximate surface area is 123 Å². The van der Waals surface area contributed by atoms with E-state index in [0.717, 1.165) is 25.0 Å². The van der Waals surface area contributed by atoms with Crippen LogP contribution in [0.15, 0.2) is 24.3 Å². The van der Waals surface area contributed by atoms with Crippen molar-refractivity contribution in [2.45, 2.75) is 57.7 Å². The topological polar surface area (TPSA) is 15.3 Å². The van der Waals surface area contributed by atoms with Gasteiger partial charge in [0.2, 0.25) is 0 Å². The van der Waals surface area contributed by atoms with Crippen LogP contribution in [-0.2, 0) is 13.1 Å². The lowest BCUT2D eigenvalue weighted by atomic mass is 10.1. The molecule has 110 valence electrons. The highest BCUT2D eigenvalue weighted by atomic mass is 15.1. The molecule has 1 aromatic rings. The van der Waals surface area contributed by atoms with E-state index in [-0.39, 0.29) is 0 Å². The van der Waals surface area contributed by atoms with Gasteiger partial charge in [-0.15, -0.1) is 0 Å². The largest absolute Gasteiger partial charge is 0.310 e. The van der Waals surface area contributed by atoms with Crippen molar-refractivity contribution >= 4 is 0 Å². The average Bonchev–Trinajstić information content (AvgIpc) is 3.14. The van der Waals surface area contributed by atoms with Crippen molar-refractivity contribution in [3.8, 4) is 0 Å². The Kier molecular flexibility index (Phi) is 4.74. The zero-order chi connectivity index (χ0) is 13.8. The fourth-order valence-corrected chi connectivity index (χ4v) is 3.32. The zero-order valence-electron chi connectivity index (χ0n) is 12.8. The van der Waals surface area contributed by atoms with Gasteiger partial charge in [-0.05, 0) is 49.8 Å². The highest BCUT2D eigenvalue weighted by Gasteiger charge is 2.20. The van der Waals surface area contributed by atoms with Gasteiger partial charge in [0, 0.05) is 25.7 Å². The van der Waals surface area contributed by atoms with Crippen molar-refractivity contribution < 1.29 is 0 Å². The number of hydrogen-bond acceptors (Lipinski definition) is 2. The molecule has 3 rings (SSSR count). The molecular formula is C18H28N2. The monoisotopic (exact) mass is 272 g/mol. The molecular weight excluding hydrogens is 244 g/mol. The minimum Gasteiger partial charge on any atom is -0.310 e. The Balaban J connectivity index is 1.43. The van der Waals surface area contributed by atoms with Crippen LogP contribution in [-0.4, -0.2) is 24.5 Å². The third-order valence-corrected chi connectivity index (χ3v) is 4.69. The van der Waals surface area contributed by atoms with E-state index in [1.807, 2.05) is 0 Å². The summed E-state index contributed by atoms with van der Waals surface area (Å²) in [6, 6.07) is 9.97. The van der Waals surface area contributed by atoms with Crippen molar-refractivity contribution in [2.75, 3.05) is 13.6 Å². The van der Waals surface area contributed by atoms with Gasteiger partial charge in [0.15, 0.2) is 0 Å². The highest BCUT2D eigenvalue weighted by Crippen LogP contribution is 2.25. The maximum absolute atomic E-state index is 3.57. The maximum Gasteiger partial charge on any atom is 0.0230 e. The summed E-state index contributed by atoms with van der Waals surface area (Å²) in [7, 11) is 2.26.